The van der Waals surface area contributed by atoms with Crippen molar-refractivity contribution < 1.29 is 9.18 Å². The van der Waals surface area contributed by atoms with Crippen molar-refractivity contribution >= 4 is 34.3 Å². The van der Waals surface area contributed by atoms with Crippen molar-refractivity contribution in [2.45, 2.75) is 11.6 Å². The summed E-state index contributed by atoms with van der Waals surface area (Å²) in [6.45, 7) is 0.740. The molecule has 1 aromatic heterocycles. The lowest BCUT2D eigenvalue weighted by molar-refractivity contribution is 0.102. The first-order valence-electron chi connectivity index (χ1n) is 9.65. The number of fused-ring (bicyclic) bond motifs is 1. The number of hydrogen-bond acceptors (Lipinski definition) is 5. The number of nitrogens with one attached hydrogen (secondary N) is 1. The summed E-state index contributed by atoms with van der Waals surface area (Å²) in [6, 6.07) is 23.6. The van der Waals surface area contributed by atoms with Crippen molar-refractivity contribution in [1.29, 1.82) is 0 Å². The van der Waals surface area contributed by atoms with Crippen LogP contribution >= 0.6 is 11.8 Å². The van der Waals surface area contributed by atoms with E-state index in [4.69, 9.17) is 0 Å². The van der Waals surface area contributed by atoms with Crippen LogP contribution in [-0.4, -0.2) is 28.0 Å². The number of rotatable bonds is 8. The number of anilines is 1. The van der Waals surface area contributed by atoms with Crippen LogP contribution in [0.2, 0.25) is 0 Å². The van der Waals surface area contributed by atoms with Crippen molar-refractivity contribution in [3.63, 3.8) is 0 Å². The van der Waals surface area contributed by atoms with Gasteiger partial charge in [0.1, 0.15) is 11.6 Å². The van der Waals surface area contributed by atoms with Crippen LogP contribution < -0.4 is 5.32 Å². The van der Waals surface area contributed by atoms with E-state index in [-0.39, 0.29) is 17.4 Å². The Labute approximate surface area is 178 Å². The maximum Gasteiger partial charge on any atom is 0.190 e. The average Bonchev–Trinajstić information content (AvgIpc) is 2.78. The number of ketones is 1. The first-order chi connectivity index (χ1) is 14.7. The molecule has 0 saturated carbocycles. The molecule has 4 nitrogen and oxygen atoms in total. The van der Waals surface area contributed by atoms with Crippen molar-refractivity contribution in [2.75, 3.05) is 17.6 Å². The standard InChI is InChI=1S/C24H20FN3OS/c25-19-12-10-18(11-13-19)22(29)16-30-24-27-21-9-5-4-8-20(21)23(28-24)26-15-14-17-6-2-1-3-7-17/h1-13H,14-16H2,(H,26,27,28). The van der Waals surface area contributed by atoms with Gasteiger partial charge in [0, 0.05) is 17.5 Å². The van der Waals surface area contributed by atoms with Gasteiger partial charge in [0.25, 0.3) is 0 Å². The molecule has 150 valence electrons. The Kier molecular flexibility index (Phi) is 6.35. The van der Waals surface area contributed by atoms with Crippen molar-refractivity contribution in [3.05, 3.63) is 95.8 Å². The van der Waals surface area contributed by atoms with E-state index in [1.165, 1.54) is 41.6 Å². The molecule has 0 unspecified atom stereocenters. The maximum atomic E-state index is 13.1. The normalized spacial score (nSPS) is 10.8. The number of benzene rings is 3. The first kappa shape index (κ1) is 20.0. The van der Waals surface area contributed by atoms with Crippen molar-refractivity contribution in [3.8, 4) is 0 Å². The number of thioether (sulfide) groups is 1. The molecule has 6 heteroatoms. The van der Waals surface area contributed by atoms with Crippen LogP contribution in [0.3, 0.4) is 0 Å². The summed E-state index contributed by atoms with van der Waals surface area (Å²) in [7, 11) is 0. The molecule has 0 spiro atoms. The predicted octanol–water partition coefficient (Wildman–Crippen LogP) is 5.40. The zero-order valence-electron chi connectivity index (χ0n) is 16.2. The Morgan fingerprint density at radius 1 is 0.900 bits per heavy atom. The molecule has 0 atom stereocenters. The Balaban J connectivity index is 1.48. The highest BCUT2D eigenvalue weighted by molar-refractivity contribution is 7.99. The lowest BCUT2D eigenvalue weighted by Gasteiger charge is -2.11. The van der Waals surface area contributed by atoms with E-state index in [0.29, 0.717) is 10.7 Å². The van der Waals surface area contributed by atoms with Crippen LogP contribution in [0, 0.1) is 5.82 Å². The van der Waals surface area contributed by atoms with E-state index < -0.39 is 0 Å². The second-order valence-electron chi connectivity index (χ2n) is 6.75. The molecule has 0 bridgehead atoms. The van der Waals surface area contributed by atoms with E-state index in [0.717, 1.165) is 29.7 Å². The lowest BCUT2D eigenvalue weighted by Crippen LogP contribution is -2.08. The zero-order valence-corrected chi connectivity index (χ0v) is 17.0. The highest BCUT2D eigenvalue weighted by Crippen LogP contribution is 2.25. The molecule has 1 heterocycles. The van der Waals surface area contributed by atoms with E-state index in [9.17, 15) is 9.18 Å². The van der Waals surface area contributed by atoms with Gasteiger partial charge in [-0.25, -0.2) is 14.4 Å². The van der Waals surface area contributed by atoms with Gasteiger partial charge in [-0.3, -0.25) is 4.79 Å². The molecular weight excluding hydrogens is 397 g/mol. The summed E-state index contributed by atoms with van der Waals surface area (Å²) in [5.74, 6) is 0.500. The van der Waals surface area contributed by atoms with Gasteiger partial charge in [0.15, 0.2) is 10.9 Å². The summed E-state index contributed by atoms with van der Waals surface area (Å²) in [4.78, 5) is 21.6. The summed E-state index contributed by atoms with van der Waals surface area (Å²) < 4.78 is 13.1. The average molecular weight is 418 g/mol. The number of carbonyl (C=O) groups excluding carboxylic acids is 1. The number of halogens is 1. The van der Waals surface area contributed by atoms with E-state index in [1.807, 2.05) is 42.5 Å². The van der Waals surface area contributed by atoms with Gasteiger partial charge in [0.05, 0.1) is 11.3 Å². The van der Waals surface area contributed by atoms with Crippen LogP contribution in [0.25, 0.3) is 10.9 Å². The fourth-order valence-corrected chi connectivity index (χ4v) is 3.82. The minimum Gasteiger partial charge on any atom is -0.369 e. The Morgan fingerprint density at radius 3 is 2.43 bits per heavy atom. The van der Waals surface area contributed by atoms with Crippen molar-refractivity contribution in [2.24, 2.45) is 0 Å². The molecule has 4 rings (SSSR count). The predicted molar refractivity (Wildman–Crippen MR) is 120 cm³/mol. The molecule has 3 aromatic carbocycles. The Hall–Kier alpha value is -3.25. The Morgan fingerprint density at radius 2 is 1.63 bits per heavy atom. The second-order valence-corrected chi connectivity index (χ2v) is 7.70. The summed E-state index contributed by atoms with van der Waals surface area (Å²) in [5, 5.41) is 4.89. The third kappa shape index (κ3) is 5.02. The largest absolute Gasteiger partial charge is 0.369 e. The topological polar surface area (TPSA) is 54.9 Å². The monoisotopic (exact) mass is 417 g/mol. The van der Waals surface area contributed by atoms with E-state index in [2.05, 4.69) is 27.4 Å². The van der Waals surface area contributed by atoms with Gasteiger partial charge in [0.2, 0.25) is 0 Å². The molecule has 0 fully saturated rings. The number of Topliss-reactive ketones (excluding diaryl/α,β-unsaturated/α-hetero) is 1. The van der Waals surface area contributed by atoms with Gasteiger partial charge >= 0.3 is 0 Å². The second kappa shape index (κ2) is 9.50. The quantitative estimate of drug-likeness (QED) is 0.236. The molecule has 0 aliphatic carbocycles. The molecule has 0 saturated heterocycles. The minimum absolute atomic E-state index is 0.0876. The molecule has 0 aliphatic heterocycles. The highest BCUT2D eigenvalue weighted by atomic mass is 32.2. The number of carbonyl (C=O) groups is 1. The lowest BCUT2D eigenvalue weighted by atomic mass is 10.1. The number of nitrogens with zero attached hydrogens (tertiary/aromatic N) is 2. The maximum absolute atomic E-state index is 13.1. The molecule has 30 heavy (non-hydrogen) atoms. The molecule has 0 amide bonds. The van der Waals surface area contributed by atoms with E-state index in [1.54, 1.807) is 0 Å². The summed E-state index contributed by atoms with van der Waals surface area (Å²) >= 11 is 1.28. The smallest absolute Gasteiger partial charge is 0.190 e. The van der Waals surface area contributed by atoms with Crippen LogP contribution in [0.15, 0.2) is 84.0 Å². The first-order valence-corrected chi connectivity index (χ1v) is 10.6. The fraction of sp³-hybridized carbons (Fsp3) is 0.125. The SMILES string of the molecule is O=C(CSc1nc(NCCc2ccccc2)c2ccccc2n1)c1ccc(F)cc1. The van der Waals surface area contributed by atoms with Gasteiger partial charge in [-0.05, 0) is 48.4 Å². The zero-order chi connectivity index (χ0) is 20.8. The van der Waals surface area contributed by atoms with Gasteiger partial charge in [-0.1, -0.05) is 54.2 Å². The van der Waals surface area contributed by atoms with Crippen molar-refractivity contribution in [1.82, 2.24) is 9.97 Å². The minimum atomic E-state index is -0.358. The number of para-hydroxylation sites is 1. The molecule has 0 radical (unpaired) electrons. The third-order valence-corrected chi connectivity index (χ3v) is 5.48. The van der Waals surface area contributed by atoms with Crippen LogP contribution in [0.5, 0.6) is 0 Å². The highest BCUT2D eigenvalue weighted by Gasteiger charge is 2.11. The van der Waals surface area contributed by atoms with Gasteiger partial charge in [-0.15, -0.1) is 0 Å². The van der Waals surface area contributed by atoms with E-state index >= 15 is 0 Å². The third-order valence-electron chi connectivity index (χ3n) is 4.63. The summed E-state index contributed by atoms with van der Waals surface area (Å²) in [6.07, 6.45) is 0.880. The molecule has 4 aromatic rings. The number of hydrogen-bond donors (Lipinski definition) is 1. The van der Waals surface area contributed by atoms with Crippen LogP contribution in [0.1, 0.15) is 15.9 Å². The van der Waals surface area contributed by atoms with Crippen LogP contribution in [-0.2, 0) is 6.42 Å². The Bertz CT molecular complexity index is 1150. The van der Waals surface area contributed by atoms with Crippen LogP contribution in [0.4, 0.5) is 10.2 Å². The number of aromatic nitrogens is 2. The fourth-order valence-electron chi connectivity index (χ4n) is 3.07. The van der Waals surface area contributed by atoms with Gasteiger partial charge in [-0.2, -0.15) is 0 Å². The molecular formula is C24H20FN3OS. The van der Waals surface area contributed by atoms with Gasteiger partial charge < -0.3 is 5.32 Å². The summed E-state index contributed by atoms with van der Waals surface area (Å²) in [5.41, 5.74) is 2.56. The molecule has 1 N–H and O–H groups in total. The molecule has 0 aliphatic rings.